The van der Waals surface area contributed by atoms with Crippen molar-refractivity contribution < 1.29 is 0 Å². The maximum absolute atomic E-state index is 5.69. The van der Waals surface area contributed by atoms with E-state index in [-0.39, 0.29) is 6.04 Å². The molecular formula is C9H18N4. The minimum Gasteiger partial charge on any atom is -0.336 e. The molecule has 0 aliphatic heterocycles. The molecule has 1 rings (SSSR count). The van der Waals surface area contributed by atoms with Gasteiger partial charge >= 0.3 is 0 Å². The van der Waals surface area contributed by atoms with Crippen LogP contribution in [0.4, 0.5) is 0 Å². The fourth-order valence-corrected chi connectivity index (χ4v) is 1.49. The first-order valence-electron chi connectivity index (χ1n) is 4.42. The highest BCUT2D eigenvalue weighted by Crippen LogP contribution is 2.14. The van der Waals surface area contributed by atoms with Crippen LogP contribution in [-0.4, -0.2) is 35.1 Å². The maximum Gasteiger partial charge on any atom is 0.127 e. The number of nitrogens with zero attached hydrogens (tertiary/aromatic N) is 3. The maximum atomic E-state index is 5.69. The molecule has 13 heavy (non-hydrogen) atoms. The van der Waals surface area contributed by atoms with E-state index in [1.807, 2.05) is 38.8 Å². The van der Waals surface area contributed by atoms with Crippen molar-refractivity contribution in [1.29, 1.82) is 0 Å². The minimum atomic E-state index is 0.207. The Morgan fingerprint density at radius 2 is 2.23 bits per heavy atom. The highest BCUT2D eigenvalue weighted by molar-refractivity contribution is 5.06. The average molecular weight is 182 g/mol. The summed E-state index contributed by atoms with van der Waals surface area (Å²) in [5.74, 6) is 1.03. The zero-order valence-electron chi connectivity index (χ0n) is 8.78. The van der Waals surface area contributed by atoms with Crippen LogP contribution in [0.5, 0.6) is 0 Å². The third kappa shape index (κ3) is 2.08. The predicted molar refractivity (Wildman–Crippen MR) is 53.4 cm³/mol. The molecule has 1 atom stereocenters. The van der Waals surface area contributed by atoms with Crippen molar-refractivity contribution in [3.05, 3.63) is 17.7 Å². The molecule has 1 unspecified atom stereocenters. The lowest BCUT2D eigenvalue weighted by Gasteiger charge is -2.21. The highest BCUT2D eigenvalue weighted by Gasteiger charge is 2.16. The zero-order valence-corrected chi connectivity index (χ0v) is 8.78. The molecule has 0 saturated carbocycles. The first-order valence-corrected chi connectivity index (χ1v) is 4.42. The summed E-state index contributed by atoms with van der Waals surface area (Å²) in [6.45, 7) is 2.59. The van der Waals surface area contributed by atoms with E-state index >= 15 is 0 Å². The summed E-state index contributed by atoms with van der Waals surface area (Å²) >= 11 is 0. The van der Waals surface area contributed by atoms with Crippen LogP contribution in [0.3, 0.4) is 0 Å². The van der Waals surface area contributed by atoms with Gasteiger partial charge in [0.25, 0.3) is 0 Å². The Kier molecular flexibility index (Phi) is 3.06. The Balaban J connectivity index is 2.97. The molecule has 0 radical (unpaired) electrons. The number of hydrogen-bond acceptors (Lipinski definition) is 3. The van der Waals surface area contributed by atoms with Gasteiger partial charge in [0.1, 0.15) is 5.82 Å². The number of hydrogen-bond donors (Lipinski definition) is 1. The molecule has 0 aliphatic rings. The van der Waals surface area contributed by atoms with Crippen LogP contribution in [0.25, 0.3) is 0 Å². The van der Waals surface area contributed by atoms with E-state index in [1.54, 1.807) is 0 Å². The largest absolute Gasteiger partial charge is 0.336 e. The van der Waals surface area contributed by atoms with Gasteiger partial charge in [-0.1, -0.05) is 0 Å². The standard InChI is InChI=1S/C9H18N4/c1-7-6-13(4)9(11-7)8(5-10)12(2)3/h6,8H,5,10H2,1-4H3. The number of aryl methyl sites for hydroxylation is 2. The lowest BCUT2D eigenvalue weighted by molar-refractivity contribution is 0.289. The van der Waals surface area contributed by atoms with Crippen molar-refractivity contribution in [3.8, 4) is 0 Å². The van der Waals surface area contributed by atoms with Crippen molar-refractivity contribution >= 4 is 0 Å². The van der Waals surface area contributed by atoms with Crippen LogP contribution in [0.1, 0.15) is 17.6 Å². The van der Waals surface area contributed by atoms with E-state index in [0.717, 1.165) is 11.5 Å². The predicted octanol–water partition coefficient (Wildman–Crippen LogP) is 0.290. The summed E-state index contributed by atoms with van der Waals surface area (Å²) in [6.07, 6.45) is 2.02. The molecule has 0 spiro atoms. The number of likely N-dealkylation sites (N-methyl/N-ethyl adjacent to an activating group) is 1. The third-order valence-electron chi connectivity index (χ3n) is 2.18. The number of nitrogens with two attached hydrogens (primary N) is 1. The van der Waals surface area contributed by atoms with Gasteiger partial charge in [0.05, 0.1) is 11.7 Å². The molecule has 0 saturated heterocycles. The summed E-state index contributed by atoms with van der Waals surface area (Å²) in [5.41, 5.74) is 6.73. The summed E-state index contributed by atoms with van der Waals surface area (Å²) in [5, 5.41) is 0. The molecule has 0 amide bonds. The summed E-state index contributed by atoms with van der Waals surface area (Å²) in [6, 6.07) is 0.207. The fourth-order valence-electron chi connectivity index (χ4n) is 1.49. The number of rotatable bonds is 3. The Bertz CT molecular complexity index is 277. The topological polar surface area (TPSA) is 47.1 Å². The fraction of sp³-hybridized carbons (Fsp3) is 0.667. The molecular weight excluding hydrogens is 164 g/mol. The molecule has 74 valence electrons. The molecule has 4 nitrogen and oxygen atoms in total. The van der Waals surface area contributed by atoms with Crippen molar-refractivity contribution in [3.63, 3.8) is 0 Å². The molecule has 4 heteroatoms. The van der Waals surface area contributed by atoms with Gasteiger partial charge in [-0.05, 0) is 21.0 Å². The number of imidazole rings is 1. The molecule has 1 aromatic rings. The molecule has 0 aliphatic carbocycles. The van der Waals surface area contributed by atoms with E-state index < -0.39 is 0 Å². The van der Waals surface area contributed by atoms with Crippen molar-refractivity contribution in [1.82, 2.24) is 14.5 Å². The first-order chi connectivity index (χ1) is 6.06. The van der Waals surface area contributed by atoms with Gasteiger partial charge in [-0.25, -0.2) is 4.98 Å². The van der Waals surface area contributed by atoms with Crippen molar-refractivity contribution in [2.75, 3.05) is 20.6 Å². The van der Waals surface area contributed by atoms with Crippen molar-refractivity contribution in [2.24, 2.45) is 12.8 Å². The molecule has 1 heterocycles. The molecule has 1 aromatic heterocycles. The molecule has 2 N–H and O–H groups in total. The molecule has 0 fully saturated rings. The van der Waals surface area contributed by atoms with Gasteiger partial charge in [0.15, 0.2) is 0 Å². The first kappa shape index (κ1) is 10.2. The highest BCUT2D eigenvalue weighted by atomic mass is 15.2. The van der Waals surface area contributed by atoms with E-state index in [2.05, 4.69) is 9.88 Å². The second-order valence-corrected chi connectivity index (χ2v) is 3.57. The second kappa shape index (κ2) is 3.89. The van der Waals surface area contributed by atoms with Crippen LogP contribution >= 0.6 is 0 Å². The van der Waals surface area contributed by atoms with Gasteiger partial charge in [-0.2, -0.15) is 0 Å². The number of aromatic nitrogens is 2. The Morgan fingerprint density at radius 1 is 1.62 bits per heavy atom. The monoisotopic (exact) mass is 182 g/mol. The SMILES string of the molecule is Cc1cn(C)c(C(CN)N(C)C)n1. The van der Waals surface area contributed by atoms with Crippen LogP contribution in [0.2, 0.25) is 0 Å². The van der Waals surface area contributed by atoms with E-state index in [1.165, 1.54) is 0 Å². The molecule has 0 bridgehead atoms. The van der Waals surface area contributed by atoms with Crippen LogP contribution in [-0.2, 0) is 7.05 Å². The van der Waals surface area contributed by atoms with Crippen LogP contribution in [0, 0.1) is 6.92 Å². The third-order valence-corrected chi connectivity index (χ3v) is 2.18. The smallest absolute Gasteiger partial charge is 0.127 e. The summed E-state index contributed by atoms with van der Waals surface area (Å²) < 4.78 is 2.03. The second-order valence-electron chi connectivity index (χ2n) is 3.57. The minimum absolute atomic E-state index is 0.207. The normalized spacial score (nSPS) is 13.7. The van der Waals surface area contributed by atoms with Crippen LogP contribution < -0.4 is 5.73 Å². The van der Waals surface area contributed by atoms with Gasteiger partial charge in [0, 0.05) is 19.8 Å². The Morgan fingerprint density at radius 3 is 2.54 bits per heavy atom. The lowest BCUT2D eigenvalue weighted by atomic mass is 10.2. The zero-order chi connectivity index (χ0) is 10.0. The van der Waals surface area contributed by atoms with E-state index in [0.29, 0.717) is 6.54 Å². The van der Waals surface area contributed by atoms with E-state index in [9.17, 15) is 0 Å². The van der Waals surface area contributed by atoms with Gasteiger partial charge < -0.3 is 10.3 Å². The average Bonchev–Trinajstić information content (AvgIpc) is 2.31. The summed E-state index contributed by atoms with van der Waals surface area (Å²) in [7, 11) is 6.03. The van der Waals surface area contributed by atoms with Gasteiger partial charge in [0.2, 0.25) is 0 Å². The Hall–Kier alpha value is -0.870. The quantitative estimate of drug-likeness (QED) is 0.731. The molecule has 0 aromatic carbocycles. The Labute approximate surface area is 79.4 Å². The van der Waals surface area contributed by atoms with Crippen LogP contribution in [0.15, 0.2) is 6.20 Å². The lowest BCUT2D eigenvalue weighted by Crippen LogP contribution is -2.29. The van der Waals surface area contributed by atoms with Gasteiger partial charge in [-0.15, -0.1) is 0 Å². The van der Waals surface area contributed by atoms with Crippen molar-refractivity contribution in [2.45, 2.75) is 13.0 Å². The van der Waals surface area contributed by atoms with E-state index in [4.69, 9.17) is 5.73 Å². The van der Waals surface area contributed by atoms with Gasteiger partial charge in [-0.3, -0.25) is 4.90 Å². The summed E-state index contributed by atoms with van der Waals surface area (Å²) in [4.78, 5) is 6.53.